The third kappa shape index (κ3) is 3.65. The van der Waals surface area contributed by atoms with Crippen molar-refractivity contribution in [2.45, 2.75) is 25.9 Å². The summed E-state index contributed by atoms with van der Waals surface area (Å²) in [6, 6.07) is 16.9. The second kappa shape index (κ2) is 7.72. The van der Waals surface area contributed by atoms with E-state index in [2.05, 4.69) is 0 Å². The molecule has 0 radical (unpaired) electrons. The molecule has 3 aromatic rings. The van der Waals surface area contributed by atoms with Crippen LogP contribution in [0.5, 0.6) is 0 Å². The van der Waals surface area contributed by atoms with Crippen molar-refractivity contribution in [2.24, 2.45) is 0 Å². The van der Waals surface area contributed by atoms with Gasteiger partial charge in [-0.05, 0) is 71.5 Å². The van der Waals surface area contributed by atoms with Crippen LogP contribution in [0.15, 0.2) is 54.6 Å². The maximum atomic E-state index is 13.9. The van der Waals surface area contributed by atoms with Gasteiger partial charge in [0.2, 0.25) is 0 Å². The number of fused-ring (bicyclic) bond motifs is 1. The molecular formula is C24H24FNO2. The van der Waals surface area contributed by atoms with Gasteiger partial charge in [0.15, 0.2) is 0 Å². The van der Waals surface area contributed by atoms with Crippen molar-refractivity contribution in [3.8, 4) is 11.1 Å². The first-order valence-electron chi connectivity index (χ1n) is 9.69. The van der Waals surface area contributed by atoms with Gasteiger partial charge < -0.3 is 9.64 Å². The van der Waals surface area contributed by atoms with Gasteiger partial charge in [-0.25, -0.2) is 4.39 Å². The van der Waals surface area contributed by atoms with Crippen LogP contribution in [-0.4, -0.2) is 37.1 Å². The summed E-state index contributed by atoms with van der Waals surface area (Å²) < 4.78 is 19.5. The van der Waals surface area contributed by atoms with Crippen LogP contribution in [0, 0.1) is 12.7 Å². The number of benzene rings is 3. The average molecular weight is 377 g/mol. The molecule has 0 aliphatic carbocycles. The third-order valence-corrected chi connectivity index (χ3v) is 5.51. The fourth-order valence-electron chi connectivity index (χ4n) is 3.86. The Morgan fingerprint density at radius 3 is 2.71 bits per heavy atom. The Morgan fingerprint density at radius 1 is 1.14 bits per heavy atom. The molecule has 1 unspecified atom stereocenters. The summed E-state index contributed by atoms with van der Waals surface area (Å²) >= 11 is 0. The molecule has 144 valence electrons. The Hall–Kier alpha value is -2.72. The molecule has 1 amide bonds. The molecule has 3 aromatic carbocycles. The molecule has 28 heavy (non-hydrogen) atoms. The van der Waals surface area contributed by atoms with Gasteiger partial charge in [0.1, 0.15) is 5.82 Å². The predicted molar refractivity (Wildman–Crippen MR) is 110 cm³/mol. The Balaban J connectivity index is 1.59. The van der Waals surface area contributed by atoms with Gasteiger partial charge in [-0.1, -0.05) is 30.3 Å². The smallest absolute Gasteiger partial charge is 0.253 e. The van der Waals surface area contributed by atoms with Gasteiger partial charge in [0, 0.05) is 25.8 Å². The topological polar surface area (TPSA) is 29.5 Å². The van der Waals surface area contributed by atoms with Gasteiger partial charge in [-0.2, -0.15) is 0 Å². The second-order valence-corrected chi connectivity index (χ2v) is 7.51. The van der Waals surface area contributed by atoms with Crippen LogP contribution in [-0.2, 0) is 4.74 Å². The lowest BCUT2D eigenvalue weighted by atomic mass is 9.96. The molecule has 1 aliphatic rings. The zero-order valence-corrected chi connectivity index (χ0v) is 16.2. The number of hydrogen-bond donors (Lipinski definition) is 0. The van der Waals surface area contributed by atoms with Crippen LogP contribution in [0.4, 0.5) is 4.39 Å². The lowest BCUT2D eigenvalue weighted by Crippen LogP contribution is -2.34. The zero-order chi connectivity index (χ0) is 19.7. The van der Waals surface area contributed by atoms with Gasteiger partial charge in [-0.15, -0.1) is 0 Å². The zero-order valence-electron chi connectivity index (χ0n) is 16.2. The molecule has 0 saturated carbocycles. The minimum Gasteiger partial charge on any atom is -0.376 e. The molecule has 4 heteroatoms. The highest BCUT2D eigenvalue weighted by Gasteiger charge is 2.21. The SMILES string of the molecule is Cc1c(F)cccc1-c1ccc2cc(C(=O)N(C)CC3CCCO3)ccc2c1. The minimum absolute atomic E-state index is 0.00227. The van der Waals surface area contributed by atoms with E-state index >= 15 is 0 Å². The largest absolute Gasteiger partial charge is 0.376 e. The van der Waals surface area contributed by atoms with Gasteiger partial charge in [0.05, 0.1) is 6.10 Å². The maximum Gasteiger partial charge on any atom is 0.253 e. The van der Waals surface area contributed by atoms with E-state index in [4.69, 9.17) is 4.74 Å². The molecule has 1 aliphatic heterocycles. The van der Waals surface area contributed by atoms with E-state index in [0.29, 0.717) is 17.7 Å². The first kappa shape index (κ1) is 18.6. The van der Waals surface area contributed by atoms with Gasteiger partial charge >= 0.3 is 0 Å². The summed E-state index contributed by atoms with van der Waals surface area (Å²) in [4.78, 5) is 14.5. The Labute approximate surface area is 164 Å². The monoisotopic (exact) mass is 377 g/mol. The van der Waals surface area contributed by atoms with Crippen LogP contribution in [0.3, 0.4) is 0 Å². The fourth-order valence-corrected chi connectivity index (χ4v) is 3.86. The number of likely N-dealkylation sites (N-methyl/N-ethyl adjacent to an activating group) is 1. The number of amides is 1. The fraction of sp³-hybridized carbons (Fsp3) is 0.292. The van der Waals surface area contributed by atoms with Crippen molar-refractivity contribution in [1.29, 1.82) is 0 Å². The number of nitrogens with zero attached hydrogens (tertiary/aromatic N) is 1. The Morgan fingerprint density at radius 2 is 1.93 bits per heavy atom. The standard InChI is InChI=1S/C24H24FNO2/c1-16-22(6-3-7-23(16)25)19-10-8-18-14-20(11-9-17(18)13-19)24(27)26(2)15-21-5-4-12-28-21/h3,6-11,13-14,21H,4-5,12,15H2,1-2H3. The first-order valence-corrected chi connectivity index (χ1v) is 9.69. The number of carbonyl (C=O) groups excluding carboxylic acids is 1. The normalized spacial score (nSPS) is 16.5. The predicted octanol–water partition coefficient (Wildman–Crippen LogP) is 5.21. The van der Waals surface area contributed by atoms with Crippen LogP contribution in [0.2, 0.25) is 0 Å². The van der Waals surface area contributed by atoms with E-state index in [-0.39, 0.29) is 17.8 Å². The van der Waals surface area contributed by atoms with Crippen LogP contribution < -0.4 is 0 Å². The van der Waals surface area contributed by atoms with E-state index < -0.39 is 0 Å². The summed E-state index contributed by atoms with van der Waals surface area (Å²) in [5.41, 5.74) is 3.17. The maximum absolute atomic E-state index is 13.9. The average Bonchev–Trinajstić information content (AvgIpc) is 3.21. The number of ether oxygens (including phenoxy) is 1. The van der Waals surface area contributed by atoms with Crippen LogP contribution in [0.1, 0.15) is 28.8 Å². The van der Waals surface area contributed by atoms with Crippen LogP contribution >= 0.6 is 0 Å². The second-order valence-electron chi connectivity index (χ2n) is 7.51. The molecule has 3 nitrogen and oxygen atoms in total. The van der Waals surface area contributed by atoms with E-state index in [0.717, 1.165) is 41.3 Å². The van der Waals surface area contributed by atoms with Crippen molar-refractivity contribution in [2.75, 3.05) is 20.2 Å². The van der Waals surface area contributed by atoms with E-state index in [1.807, 2.05) is 49.5 Å². The first-order chi connectivity index (χ1) is 13.5. The summed E-state index contributed by atoms with van der Waals surface area (Å²) in [6.45, 7) is 3.20. The highest BCUT2D eigenvalue weighted by Crippen LogP contribution is 2.29. The number of halogens is 1. The molecule has 1 heterocycles. The molecule has 0 bridgehead atoms. The molecule has 1 fully saturated rings. The highest BCUT2D eigenvalue weighted by atomic mass is 19.1. The summed E-state index contributed by atoms with van der Waals surface area (Å²) in [5.74, 6) is -0.199. The van der Waals surface area contributed by atoms with Gasteiger partial charge in [0.25, 0.3) is 5.91 Å². The minimum atomic E-state index is -0.201. The molecule has 0 N–H and O–H groups in total. The molecule has 4 rings (SSSR count). The van der Waals surface area contributed by atoms with Crippen molar-refractivity contribution in [1.82, 2.24) is 4.90 Å². The quantitative estimate of drug-likeness (QED) is 0.625. The molecule has 1 saturated heterocycles. The molecule has 0 spiro atoms. The van der Waals surface area contributed by atoms with Crippen molar-refractivity contribution >= 4 is 16.7 Å². The number of hydrogen-bond acceptors (Lipinski definition) is 2. The van der Waals surface area contributed by atoms with E-state index in [1.54, 1.807) is 17.9 Å². The van der Waals surface area contributed by atoms with E-state index in [1.165, 1.54) is 6.07 Å². The lowest BCUT2D eigenvalue weighted by molar-refractivity contribution is 0.0587. The highest BCUT2D eigenvalue weighted by molar-refractivity contribution is 5.99. The lowest BCUT2D eigenvalue weighted by Gasteiger charge is -2.21. The summed E-state index contributed by atoms with van der Waals surface area (Å²) in [6.07, 6.45) is 2.22. The van der Waals surface area contributed by atoms with E-state index in [9.17, 15) is 9.18 Å². The molecule has 1 atom stereocenters. The van der Waals surface area contributed by atoms with Crippen molar-refractivity contribution < 1.29 is 13.9 Å². The molecule has 0 aromatic heterocycles. The number of carbonyl (C=O) groups is 1. The number of rotatable bonds is 4. The Kier molecular flexibility index (Phi) is 5.14. The molecular weight excluding hydrogens is 353 g/mol. The van der Waals surface area contributed by atoms with Crippen molar-refractivity contribution in [3.63, 3.8) is 0 Å². The van der Waals surface area contributed by atoms with Gasteiger partial charge in [-0.3, -0.25) is 4.79 Å². The van der Waals surface area contributed by atoms with Crippen LogP contribution in [0.25, 0.3) is 21.9 Å². The van der Waals surface area contributed by atoms with Crippen molar-refractivity contribution in [3.05, 3.63) is 71.5 Å². The Bertz CT molecular complexity index is 1020. The summed E-state index contributed by atoms with van der Waals surface area (Å²) in [7, 11) is 1.82. The summed E-state index contributed by atoms with van der Waals surface area (Å²) in [5, 5.41) is 2.02. The third-order valence-electron chi connectivity index (χ3n) is 5.51.